The van der Waals surface area contributed by atoms with E-state index in [1.54, 1.807) is 0 Å². The predicted octanol–water partition coefficient (Wildman–Crippen LogP) is 8.78. The minimum atomic E-state index is 0. The van der Waals surface area contributed by atoms with E-state index < -0.39 is 0 Å². The molecule has 2 aliphatic rings. The SMILES string of the molecule is N#Cc1c2nc(c(-c3ccccc3)c3ccc([n-]3)c(-c3ccccc3)c3nc(c(-c4ccccc4)c4ccc1[n-]4)C=C3)C=C2.[Zn+2]. The summed E-state index contributed by atoms with van der Waals surface area (Å²) in [5, 5.41) is 10.3. The molecule has 0 amide bonds. The summed E-state index contributed by atoms with van der Waals surface area (Å²) in [5.74, 6) is 0. The van der Waals surface area contributed by atoms with E-state index >= 15 is 0 Å². The molecular weight excluding hydrogens is 604 g/mol. The third-order valence-corrected chi connectivity index (χ3v) is 7.91. The Bertz CT molecular complexity index is 2290. The zero-order valence-corrected chi connectivity index (χ0v) is 27.2. The molecule has 5 heterocycles. The Morgan fingerprint density at radius 3 is 1.16 bits per heavy atom. The monoisotopic (exact) mass is 625 g/mol. The van der Waals surface area contributed by atoms with Gasteiger partial charge in [0.2, 0.25) is 0 Å². The maximum Gasteiger partial charge on any atom is 2.00 e. The van der Waals surface area contributed by atoms with Crippen LogP contribution in [0.5, 0.6) is 0 Å². The Morgan fingerprint density at radius 1 is 0.422 bits per heavy atom. The number of aromatic nitrogens is 4. The van der Waals surface area contributed by atoms with Gasteiger partial charge in [0, 0.05) is 0 Å². The summed E-state index contributed by atoms with van der Waals surface area (Å²) in [6.45, 7) is 0. The molecule has 0 fully saturated rings. The molecule has 6 heteroatoms. The number of nitrogens with zero attached hydrogens (tertiary/aromatic N) is 5. The summed E-state index contributed by atoms with van der Waals surface area (Å²) in [5.41, 5.74) is 12.0. The van der Waals surface area contributed by atoms with Gasteiger partial charge in [-0.3, -0.25) is 0 Å². The number of benzene rings is 3. The molecule has 0 saturated carbocycles. The molecule has 0 aliphatic carbocycles. The van der Waals surface area contributed by atoms with Gasteiger partial charge >= 0.3 is 19.5 Å². The van der Waals surface area contributed by atoms with Gasteiger partial charge in [0.15, 0.2) is 0 Å². The van der Waals surface area contributed by atoms with Crippen LogP contribution in [-0.2, 0) is 19.5 Å². The zero-order valence-electron chi connectivity index (χ0n) is 24.2. The fraction of sp³-hybridized carbons (Fsp3) is 0. The molecule has 0 N–H and O–H groups in total. The molecule has 206 valence electrons. The third kappa shape index (κ3) is 5.04. The van der Waals surface area contributed by atoms with Crippen molar-refractivity contribution in [2.24, 2.45) is 0 Å². The molecule has 2 aliphatic heterocycles. The summed E-state index contributed by atoms with van der Waals surface area (Å²) in [7, 11) is 0. The summed E-state index contributed by atoms with van der Waals surface area (Å²) < 4.78 is 0. The molecule has 0 radical (unpaired) electrons. The van der Waals surface area contributed by atoms with Gasteiger partial charge in [0.05, 0.1) is 28.3 Å². The minimum absolute atomic E-state index is 0. The number of hydrogen-bond donors (Lipinski definition) is 0. The normalized spacial score (nSPS) is 11.6. The maximum atomic E-state index is 10.3. The number of fused-ring (bicyclic) bond motifs is 8. The second-order valence-electron chi connectivity index (χ2n) is 10.6. The first-order chi connectivity index (χ1) is 21.8. The van der Waals surface area contributed by atoms with E-state index in [-0.39, 0.29) is 19.5 Å². The van der Waals surface area contributed by atoms with Gasteiger partial charge in [-0.2, -0.15) is 5.26 Å². The Kier molecular flexibility index (Phi) is 7.39. The fourth-order valence-corrected chi connectivity index (χ4v) is 5.90. The predicted molar refractivity (Wildman–Crippen MR) is 178 cm³/mol. The smallest absolute Gasteiger partial charge is 0.657 e. The van der Waals surface area contributed by atoms with Crippen molar-refractivity contribution < 1.29 is 19.5 Å². The van der Waals surface area contributed by atoms with Crippen LogP contribution in [0.1, 0.15) is 28.3 Å². The van der Waals surface area contributed by atoms with Crippen LogP contribution in [0, 0.1) is 11.3 Å². The van der Waals surface area contributed by atoms with Crippen LogP contribution in [0.4, 0.5) is 0 Å². The molecule has 5 nitrogen and oxygen atoms in total. The van der Waals surface area contributed by atoms with E-state index in [4.69, 9.17) is 19.9 Å². The summed E-state index contributed by atoms with van der Waals surface area (Å²) in [6.07, 6.45) is 7.94. The molecule has 0 saturated heterocycles. The fourth-order valence-electron chi connectivity index (χ4n) is 5.90. The molecule has 8 rings (SSSR count). The topological polar surface area (TPSA) is 77.8 Å². The van der Waals surface area contributed by atoms with Crippen LogP contribution in [0.2, 0.25) is 0 Å². The second-order valence-corrected chi connectivity index (χ2v) is 10.6. The number of hydrogen-bond acceptors (Lipinski definition) is 3. The van der Waals surface area contributed by atoms with Crippen LogP contribution in [0.3, 0.4) is 0 Å². The van der Waals surface area contributed by atoms with Gasteiger partial charge in [-0.15, -0.1) is 22.1 Å². The van der Waals surface area contributed by atoms with Gasteiger partial charge in [0.25, 0.3) is 0 Å². The van der Waals surface area contributed by atoms with Crippen LogP contribution in [-0.4, -0.2) is 9.97 Å². The van der Waals surface area contributed by atoms with Crippen molar-refractivity contribution in [3.8, 4) is 39.4 Å². The average Bonchev–Trinajstić information content (AvgIpc) is 3.90. The van der Waals surface area contributed by atoms with Gasteiger partial charge in [0.1, 0.15) is 6.07 Å². The van der Waals surface area contributed by atoms with Gasteiger partial charge in [-0.05, 0) is 57.7 Å². The third-order valence-electron chi connectivity index (χ3n) is 7.91. The van der Waals surface area contributed by atoms with Crippen molar-refractivity contribution in [2.45, 2.75) is 0 Å². The van der Waals surface area contributed by atoms with Gasteiger partial charge in [-0.1, -0.05) is 115 Å². The minimum Gasteiger partial charge on any atom is -0.657 e. The van der Waals surface area contributed by atoms with Crippen LogP contribution in [0.25, 0.3) is 79.8 Å². The van der Waals surface area contributed by atoms with E-state index in [0.717, 1.165) is 67.0 Å². The molecule has 3 aromatic carbocycles. The van der Waals surface area contributed by atoms with Crippen LogP contribution in [0.15, 0.2) is 115 Å². The van der Waals surface area contributed by atoms with Gasteiger partial charge < -0.3 is 9.97 Å². The summed E-state index contributed by atoms with van der Waals surface area (Å²) in [6, 6.07) is 40.8. The molecule has 6 aromatic rings. The van der Waals surface area contributed by atoms with E-state index in [1.807, 2.05) is 91.0 Å². The molecule has 0 atom stereocenters. The summed E-state index contributed by atoms with van der Waals surface area (Å²) in [4.78, 5) is 20.4. The van der Waals surface area contributed by atoms with Crippen molar-refractivity contribution in [1.82, 2.24) is 19.9 Å². The number of nitriles is 1. The van der Waals surface area contributed by atoms with E-state index in [9.17, 15) is 5.26 Å². The molecule has 3 aromatic heterocycles. The second kappa shape index (κ2) is 11.8. The molecular formula is C39H23N5Zn. The number of rotatable bonds is 3. The van der Waals surface area contributed by atoms with E-state index in [2.05, 4.69) is 54.6 Å². The quantitative estimate of drug-likeness (QED) is 0.183. The van der Waals surface area contributed by atoms with Crippen molar-refractivity contribution in [1.29, 1.82) is 5.26 Å². The summed E-state index contributed by atoms with van der Waals surface area (Å²) >= 11 is 0. The molecule has 0 spiro atoms. The first kappa shape index (κ1) is 28.2. The molecule has 8 bridgehead atoms. The van der Waals surface area contributed by atoms with Crippen molar-refractivity contribution in [2.75, 3.05) is 0 Å². The Balaban J connectivity index is 0.00000325. The Morgan fingerprint density at radius 2 is 0.756 bits per heavy atom. The van der Waals surface area contributed by atoms with Crippen LogP contribution >= 0.6 is 0 Å². The van der Waals surface area contributed by atoms with Crippen molar-refractivity contribution in [3.63, 3.8) is 0 Å². The first-order valence-corrected chi connectivity index (χ1v) is 14.4. The Hall–Kier alpha value is -5.63. The van der Waals surface area contributed by atoms with Crippen LogP contribution < -0.4 is 9.97 Å². The van der Waals surface area contributed by atoms with E-state index in [1.165, 1.54) is 0 Å². The average molecular weight is 627 g/mol. The first-order valence-electron chi connectivity index (χ1n) is 14.4. The van der Waals surface area contributed by atoms with E-state index in [0.29, 0.717) is 16.8 Å². The molecule has 0 unspecified atom stereocenters. The Labute approximate surface area is 273 Å². The van der Waals surface area contributed by atoms with Gasteiger partial charge in [-0.25, -0.2) is 9.97 Å². The zero-order chi connectivity index (χ0) is 29.5. The largest absolute Gasteiger partial charge is 2.00 e. The van der Waals surface area contributed by atoms with Crippen molar-refractivity contribution >= 4 is 46.4 Å². The maximum absolute atomic E-state index is 10.3. The van der Waals surface area contributed by atoms with Crippen molar-refractivity contribution in [3.05, 3.63) is 144 Å². The molecule has 45 heavy (non-hydrogen) atoms. The standard InChI is InChI=1S/C39H23N5.Zn/c40-24-28-29-16-18-31(41-29)37(25-10-4-1-5-11-25)33-20-22-35(43-33)39(27-14-8-3-9-15-27)36-23-21-34(44-36)38(26-12-6-2-7-13-26)32-19-17-30(28)42-32;/h1-23H;/q-2;+2.